The minimum absolute atomic E-state index is 0. The van der Waals surface area contributed by atoms with Crippen molar-refractivity contribution in [1.29, 1.82) is 0 Å². The Balaban J connectivity index is 0.00000364. The third kappa shape index (κ3) is 10.2. The van der Waals surface area contributed by atoms with Crippen LogP contribution in [0.2, 0.25) is 0 Å². The maximum atomic E-state index is 11.6. The van der Waals surface area contributed by atoms with Crippen molar-refractivity contribution in [1.82, 2.24) is 14.7 Å². The Kier molecular flexibility index (Phi) is 14.0. The van der Waals surface area contributed by atoms with E-state index < -0.39 is 12.2 Å². The molecule has 0 aromatic heterocycles. The number of ether oxygens (including phenoxy) is 1. The summed E-state index contributed by atoms with van der Waals surface area (Å²) in [6, 6.07) is 8.17. The molecule has 0 aliphatic carbocycles. The van der Waals surface area contributed by atoms with E-state index in [0.717, 1.165) is 51.6 Å². The Labute approximate surface area is 180 Å². The summed E-state index contributed by atoms with van der Waals surface area (Å²) in [5.74, 6) is 0.865. The maximum absolute atomic E-state index is 11.6. The zero-order chi connectivity index (χ0) is 18.9. The van der Waals surface area contributed by atoms with Gasteiger partial charge in [-0.25, -0.2) is 0 Å². The first kappa shape index (κ1) is 27.3. The summed E-state index contributed by atoms with van der Waals surface area (Å²) < 4.78 is 5.23. The van der Waals surface area contributed by atoms with E-state index in [9.17, 15) is 10.2 Å². The van der Waals surface area contributed by atoms with Gasteiger partial charge in [-0.2, -0.15) is 0 Å². The first-order valence-electron chi connectivity index (χ1n) is 9.58. The number of methoxy groups -OCH3 is 1. The minimum atomic E-state index is -0.585. The summed E-state index contributed by atoms with van der Waals surface area (Å²) in [5, 5.41) is 23.3. The molecule has 28 heavy (non-hydrogen) atoms. The second kappa shape index (κ2) is 14.3. The van der Waals surface area contributed by atoms with E-state index in [4.69, 9.17) is 4.74 Å². The Bertz CT molecular complexity index is 495. The van der Waals surface area contributed by atoms with Crippen molar-refractivity contribution < 1.29 is 37.5 Å². The second-order valence-corrected chi connectivity index (χ2v) is 7.35. The van der Waals surface area contributed by atoms with Crippen molar-refractivity contribution in [3.05, 3.63) is 29.8 Å². The molecule has 1 aromatic rings. The second-order valence-electron chi connectivity index (χ2n) is 7.35. The molecule has 0 bridgehead atoms. The molecular weight excluding hydrogens is 402 g/mol. The zero-order valence-electron chi connectivity index (χ0n) is 17.2. The zero-order valence-corrected chi connectivity index (χ0v) is 18.4. The first-order chi connectivity index (χ1) is 12.5. The average Bonchev–Trinajstić information content (AvgIpc) is 2.68. The molecule has 0 spiro atoms. The quantitative estimate of drug-likeness (QED) is 0.497. The molecular formula is C20H35FeN3O4+2. The van der Waals surface area contributed by atoms with Gasteiger partial charge in [0.15, 0.2) is 0 Å². The van der Waals surface area contributed by atoms with Gasteiger partial charge in [0.2, 0.25) is 0 Å². The summed E-state index contributed by atoms with van der Waals surface area (Å²) in [5.41, 5.74) is 1.25. The van der Waals surface area contributed by atoms with E-state index in [1.54, 1.807) is 21.0 Å². The molecule has 1 aromatic carbocycles. The van der Waals surface area contributed by atoms with Crippen molar-refractivity contribution in [3.8, 4) is 5.75 Å². The van der Waals surface area contributed by atoms with Crippen LogP contribution in [-0.2, 0) is 23.6 Å². The van der Waals surface area contributed by atoms with Crippen LogP contribution < -0.4 is 14.9 Å². The molecule has 2 atom stereocenters. The molecule has 8 heteroatoms. The molecule has 2 rings (SSSR count). The van der Waals surface area contributed by atoms with Crippen molar-refractivity contribution in [2.45, 2.75) is 32.6 Å². The van der Waals surface area contributed by atoms with Gasteiger partial charge in [0.1, 0.15) is 5.75 Å². The Morgan fingerprint density at radius 3 is 1.57 bits per heavy atom. The van der Waals surface area contributed by atoms with Crippen LogP contribution in [0, 0.1) is 0 Å². The van der Waals surface area contributed by atoms with Crippen LogP contribution in [0.15, 0.2) is 24.3 Å². The molecule has 1 saturated heterocycles. The van der Waals surface area contributed by atoms with Crippen LogP contribution in [0.25, 0.3) is 0 Å². The number of benzene rings is 1. The maximum Gasteiger partial charge on any atom is 4.00 e. The fourth-order valence-corrected chi connectivity index (χ4v) is 3.42. The van der Waals surface area contributed by atoms with Crippen LogP contribution in [0.5, 0.6) is 5.75 Å². The molecule has 0 unspecified atom stereocenters. The number of hydrogen-bond donors (Lipinski definition) is 0. The van der Waals surface area contributed by atoms with E-state index in [1.807, 2.05) is 12.1 Å². The largest absolute Gasteiger partial charge is 4.00 e. The Morgan fingerprint density at radius 1 is 0.821 bits per heavy atom. The van der Waals surface area contributed by atoms with E-state index in [1.165, 1.54) is 5.56 Å². The first-order valence-corrected chi connectivity index (χ1v) is 9.58. The summed E-state index contributed by atoms with van der Waals surface area (Å²) in [6.07, 6.45) is -1.17. The van der Waals surface area contributed by atoms with Gasteiger partial charge in [0.25, 0.3) is 0 Å². The predicted octanol–water partition coefficient (Wildman–Crippen LogP) is -1.21. The van der Waals surface area contributed by atoms with Crippen LogP contribution in [0.1, 0.15) is 19.4 Å². The van der Waals surface area contributed by atoms with Gasteiger partial charge >= 0.3 is 17.1 Å². The van der Waals surface area contributed by atoms with E-state index in [-0.39, 0.29) is 22.5 Å². The molecule has 7 nitrogen and oxygen atoms in total. The van der Waals surface area contributed by atoms with E-state index in [2.05, 4.69) is 26.8 Å². The predicted molar refractivity (Wildman–Crippen MR) is 104 cm³/mol. The van der Waals surface area contributed by atoms with Crippen molar-refractivity contribution in [2.75, 3.05) is 59.5 Å². The third-order valence-corrected chi connectivity index (χ3v) is 4.79. The molecule has 160 valence electrons. The van der Waals surface area contributed by atoms with Gasteiger partial charge in [-0.05, 0) is 30.8 Å². The molecule has 0 amide bonds. The normalized spacial score (nSPS) is 19.3. The molecule has 1 aliphatic rings. The molecule has 2 N–H and O–H groups in total. The fourth-order valence-electron chi connectivity index (χ4n) is 3.42. The van der Waals surface area contributed by atoms with Crippen LogP contribution in [0.3, 0.4) is 0 Å². The molecule has 0 saturated carbocycles. The van der Waals surface area contributed by atoms with Crippen molar-refractivity contribution in [3.63, 3.8) is 0 Å². The number of nitrogens with zero attached hydrogens (tertiary/aromatic N) is 3. The topological polar surface area (TPSA) is 96.6 Å². The third-order valence-electron chi connectivity index (χ3n) is 4.79. The SMILES string of the molecule is COc1ccc(CN2CCN(C[C@H](C)[O-])CCN(C[C@H](C)[O-])CC2)cc1.O.[Fe+4]. The van der Waals surface area contributed by atoms with Gasteiger partial charge < -0.3 is 30.2 Å². The minimum Gasteiger partial charge on any atom is -0.851 e. The monoisotopic (exact) mass is 437 g/mol. The van der Waals surface area contributed by atoms with Crippen LogP contribution >= 0.6 is 0 Å². The van der Waals surface area contributed by atoms with Gasteiger partial charge in [0, 0.05) is 45.8 Å². The van der Waals surface area contributed by atoms with Gasteiger partial charge in [-0.3, -0.25) is 4.90 Å². The van der Waals surface area contributed by atoms with Gasteiger partial charge in [-0.15, -0.1) is 12.2 Å². The standard InChI is InChI=1S/C20H33N3O3.Fe.H2O/c1-17(24)14-21-8-9-22(15-18(2)25)11-13-23(12-10-21)16-19-4-6-20(26-3)7-5-19;;/h4-7,17-18H,8-16H2,1-3H3;;1H2/q-2;+4;/t17-,18-;;/m0../s1. The van der Waals surface area contributed by atoms with E-state index in [0.29, 0.717) is 13.1 Å². The molecule has 1 aliphatic heterocycles. The van der Waals surface area contributed by atoms with Crippen molar-refractivity contribution >= 4 is 0 Å². The molecule has 0 radical (unpaired) electrons. The smallest absolute Gasteiger partial charge is 0.851 e. The molecule has 1 heterocycles. The summed E-state index contributed by atoms with van der Waals surface area (Å²) in [7, 11) is 1.67. The number of hydrogen-bond acceptors (Lipinski definition) is 6. The Morgan fingerprint density at radius 2 is 1.21 bits per heavy atom. The van der Waals surface area contributed by atoms with Crippen molar-refractivity contribution in [2.24, 2.45) is 0 Å². The van der Waals surface area contributed by atoms with Gasteiger partial charge in [-0.1, -0.05) is 26.0 Å². The Hall–Kier alpha value is -0.701. The van der Waals surface area contributed by atoms with Crippen LogP contribution in [-0.4, -0.2) is 91.9 Å². The van der Waals surface area contributed by atoms with Gasteiger partial charge in [0.05, 0.1) is 7.11 Å². The summed E-state index contributed by atoms with van der Waals surface area (Å²) in [6.45, 7) is 10.8. The fraction of sp³-hybridized carbons (Fsp3) is 0.700. The van der Waals surface area contributed by atoms with E-state index >= 15 is 0 Å². The summed E-state index contributed by atoms with van der Waals surface area (Å²) >= 11 is 0. The average molecular weight is 437 g/mol. The summed E-state index contributed by atoms with van der Waals surface area (Å²) in [4.78, 5) is 6.90. The van der Waals surface area contributed by atoms with Crippen LogP contribution in [0.4, 0.5) is 0 Å². The molecule has 1 fully saturated rings. The number of rotatable bonds is 7.